The molecule has 0 heterocycles. The van der Waals surface area contributed by atoms with E-state index in [4.69, 9.17) is 0 Å². The van der Waals surface area contributed by atoms with E-state index in [0.29, 0.717) is 11.4 Å². The van der Waals surface area contributed by atoms with Crippen LogP contribution in [-0.2, 0) is 20.6 Å². The number of sulfonamides is 1. The van der Waals surface area contributed by atoms with Crippen molar-refractivity contribution in [3.05, 3.63) is 89.0 Å². The maximum Gasteiger partial charge on any atom is 0.248 e. The predicted octanol–water partition coefficient (Wildman–Crippen LogP) is 5.70. The minimum atomic E-state index is -3.67. The van der Waals surface area contributed by atoms with Gasteiger partial charge in [-0.25, -0.2) is 8.42 Å². The standard InChI is InChI=1S/C26H30N2O3S2/c1-18-13-19(2)15-23(14-18)28(33(5,30)31)21(4)26(29)27-25-12-11-22(16-20(25)3)17-32-24-9-7-6-8-10-24/h6-16,21H,17H2,1-5H3,(H,27,29). The van der Waals surface area contributed by atoms with Gasteiger partial charge in [-0.15, -0.1) is 11.8 Å². The average Bonchev–Trinajstić information content (AvgIpc) is 2.73. The summed E-state index contributed by atoms with van der Waals surface area (Å²) in [4.78, 5) is 14.3. The maximum atomic E-state index is 13.1. The van der Waals surface area contributed by atoms with Crippen LogP contribution >= 0.6 is 11.8 Å². The van der Waals surface area contributed by atoms with E-state index in [0.717, 1.165) is 34.3 Å². The summed E-state index contributed by atoms with van der Waals surface area (Å²) >= 11 is 1.75. The van der Waals surface area contributed by atoms with Crippen molar-refractivity contribution >= 4 is 39.1 Å². The summed E-state index contributed by atoms with van der Waals surface area (Å²) < 4.78 is 26.4. The van der Waals surface area contributed by atoms with E-state index in [1.807, 2.05) is 57.2 Å². The van der Waals surface area contributed by atoms with Crippen molar-refractivity contribution in [1.29, 1.82) is 0 Å². The van der Waals surface area contributed by atoms with Crippen molar-refractivity contribution < 1.29 is 13.2 Å². The molecule has 0 aromatic heterocycles. The average molecular weight is 483 g/mol. The Morgan fingerprint density at radius 3 is 2.18 bits per heavy atom. The summed E-state index contributed by atoms with van der Waals surface area (Å²) in [5, 5.41) is 2.91. The molecule has 33 heavy (non-hydrogen) atoms. The van der Waals surface area contributed by atoms with Crippen LogP contribution in [-0.4, -0.2) is 26.6 Å². The van der Waals surface area contributed by atoms with Gasteiger partial charge in [-0.2, -0.15) is 0 Å². The summed E-state index contributed by atoms with van der Waals surface area (Å²) in [6.45, 7) is 7.36. The number of carbonyl (C=O) groups is 1. The number of hydrogen-bond donors (Lipinski definition) is 1. The number of amides is 1. The molecule has 1 atom stereocenters. The third-order valence-electron chi connectivity index (χ3n) is 5.25. The van der Waals surface area contributed by atoms with Crippen LogP contribution in [0.2, 0.25) is 0 Å². The Hall–Kier alpha value is -2.77. The smallest absolute Gasteiger partial charge is 0.248 e. The molecule has 3 aromatic rings. The highest BCUT2D eigenvalue weighted by Crippen LogP contribution is 2.27. The van der Waals surface area contributed by atoms with Gasteiger partial charge in [0, 0.05) is 16.3 Å². The zero-order valence-corrected chi connectivity index (χ0v) is 21.3. The second-order valence-corrected chi connectivity index (χ2v) is 11.2. The predicted molar refractivity (Wildman–Crippen MR) is 139 cm³/mol. The number of nitrogens with one attached hydrogen (secondary N) is 1. The quantitative estimate of drug-likeness (QED) is 0.419. The normalized spacial score (nSPS) is 12.3. The van der Waals surface area contributed by atoms with Crippen molar-refractivity contribution in [3.63, 3.8) is 0 Å². The van der Waals surface area contributed by atoms with Gasteiger partial charge in [0.15, 0.2) is 0 Å². The third-order valence-corrected chi connectivity index (χ3v) is 7.57. The van der Waals surface area contributed by atoms with Gasteiger partial charge < -0.3 is 5.32 Å². The van der Waals surface area contributed by atoms with Gasteiger partial charge in [0.25, 0.3) is 0 Å². The number of thioether (sulfide) groups is 1. The highest BCUT2D eigenvalue weighted by molar-refractivity contribution is 7.98. The molecule has 5 nitrogen and oxygen atoms in total. The molecule has 174 valence electrons. The number of hydrogen-bond acceptors (Lipinski definition) is 4. The van der Waals surface area contributed by atoms with E-state index < -0.39 is 16.1 Å². The molecule has 0 radical (unpaired) electrons. The highest BCUT2D eigenvalue weighted by Gasteiger charge is 2.29. The zero-order chi connectivity index (χ0) is 24.2. The van der Waals surface area contributed by atoms with Crippen molar-refractivity contribution in [2.75, 3.05) is 15.9 Å². The first-order valence-corrected chi connectivity index (χ1v) is 13.5. The molecule has 0 spiro atoms. The molecule has 0 fully saturated rings. The fourth-order valence-corrected chi connectivity index (χ4v) is 5.78. The van der Waals surface area contributed by atoms with Gasteiger partial charge in [0.1, 0.15) is 6.04 Å². The van der Waals surface area contributed by atoms with E-state index in [2.05, 4.69) is 23.5 Å². The highest BCUT2D eigenvalue weighted by atomic mass is 32.2. The first kappa shape index (κ1) is 24.9. The lowest BCUT2D eigenvalue weighted by Crippen LogP contribution is -2.45. The number of rotatable bonds is 8. The van der Waals surface area contributed by atoms with Crippen molar-refractivity contribution in [3.8, 4) is 0 Å². The summed E-state index contributed by atoms with van der Waals surface area (Å²) in [6, 6.07) is 20.7. The Bertz CT molecular complexity index is 1220. The molecule has 1 unspecified atom stereocenters. The summed E-state index contributed by atoms with van der Waals surface area (Å²) in [7, 11) is -3.67. The summed E-state index contributed by atoms with van der Waals surface area (Å²) in [5.74, 6) is 0.443. The van der Waals surface area contributed by atoms with Gasteiger partial charge >= 0.3 is 0 Å². The second kappa shape index (κ2) is 10.4. The van der Waals surface area contributed by atoms with Crippen molar-refractivity contribution in [2.24, 2.45) is 0 Å². The minimum absolute atomic E-state index is 0.380. The largest absolute Gasteiger partial charge is 0.324 e. The third kappa shape index (κ3) is 6.62. The Morgan fingerprint density at radius 2 is 1.61 bits per heavy atom. The van der Waals surface area contributed by atoms with Crippen LogP contribution in [0.5, 0.6) is 0 Å². The van der Waals surface area contributed by atoms with Crippen LogP contribution in [0.4, 0.5) is 11.4 Å². The fourth-order valence-electron chi connectivity index (χ4n) is 3.76. The molecule has 0 bridgehead atoms. The SMILES string of the molecule is Cc1cc(C)cc(N(C(C)C(=O)Nc2ccc(CSc3ccccc3)cc2C)S(C)(=O)=O)c1. The molecule has 3 rings (SSSR count). The van der Waals surface area contributed by atoms with Crippen LogP contribution in [0.15, 0.2) is 71.6 Å². The molecule has 3 aromatic carbocycles. The van der Waals surface area contributed by atoms with E-state index in [1.165, 1.54) is 9.20 Å². The Kier molecular flexibility index (Phi) is 7.87. The zero-order valence-electron chi connectivity index (χ0n) is 19.6. The maximum absolute atomic E-state index is 13.1. The van der Waals surface area contributed by atoms with Crippen LogP contribution in [0.1, 0.15) is 29.2 Å². The van der Waals surface area contributed by atoms with Crippen LogP contribution < -0.4 is 9.62 Å². The minimum Gasteiger partial charge on any atom is -0.324 e. The lowest BCUT2D eigenvalue weighted by molar-refractivity contribution is -0.116. The number of anilines is 2. The van der Waals surface area contributed by atoms with Gasteiger partial charge in [-0.3, -0.25) is 9.10 Å². The van der Waals surface area contributed by atoms with Gasteiger partial charge in [0.05, 0.1) is 11.9 Å². The lowest BCUT2D eigenvalue weighted by atomic mass is 10.1. The molecule has 0 saturated carbocycles. The van der Waals surface area contributed by atoms with E-state index >= 15 is 0 Å². The Balaban J connectivity index is 1.76. The van der Waals surface area contributed by atoms with Gasteiger partial charge in [-0.1, -0.05) is 36.4 Å². The monoisotopic (exact) mass is 482 g/mol. The molecule has 0 aliphatic carbocycles. The molecule has 1 N–H and O–H groups in total. The summed E-state index contributed by atoms with van der Waals surface area (Å²) in [5.41, 5.74) is 5.12. The molecular weight excluding hydrogens is 452 g/mol. The van der Waals surface area contributed by atoms with E-state index in [9.17, 15) is 13.2 Å². The fraction of sp³-hybridized carbons (Fsp3) is 0.269. The number of benzene rings is 3. The lowest BCUT2D eigenvalue weighted by Gasteiger charge is -2.29. The van der Waals surface area contributed by atoms with Crippen LogP contribution in [0.3, 0.4) is 0 Å². The first-order valence-electron chi connectivity index (χ1n) is 10.7. The topological polar surface area (TPSA) is 66.5 Å². The molecule has 0 saturated heterocycles. The first-order chi connectivity index (χ1) is 15.5. The summed E-state index contributed by atoms with van der Waals surface area (Å²) in [6.07, 6.45) is 1.12. The van der Waals surface area contributed by atoms with E-state index in [-0.39, 0.29) is 5.91 Å². The van der Waals surface area contributed by atoms with Gasteiger partial charge in [0.2, 0.25) is 15.9 Å². The number of carbonyl (C=O) groups excluding carboxylic acids is 1. The molecule has 0 aliphatic heterocycles. The molecule has 0 aliphatic rings. The Labute approximate surface area is 201 Å². The molecule has 1 amide bonds. The molecule has 7 heteroatoms. The van der Waals surface area contributed by atoms with Crippen LogP contribution in [0, 0.1) is 20.8 Å². The number of aryl methyl sites for hydroxylation is 3. The van der Waals surface area contributed by atoms with E-state index in [1.54, 1.807) is 30.8 Å². The van der Waals surface area contributed by atoms with Crippen LogP contribution in [0.25, 0.3) is 0 Å². The van der Waals surface area contributed by atoms with Crippen molar-refractivity contribution in [2.45, 2.75) is 44.4 Å². The second-order valence-electron chi connectivity index (χ2n) is 8.32. The Morgan fingerprint density at radius 1 is 0.970 bits per heavy atom. The number of nitrogens with zero attached hydrogens (tertiary/aromatic N) is 1. The van der Waals surface area contributed by atoms with Crippen molar-refractivity contribution in [1.82, 2.24) is 0 Å². The molecular formula is C26H30N2O3S2. The van der Waals surface area contributed by atoms with Gasteiger partial charge in [-0.05, 0) is 80.3 Å².